The molecule has 0 aliphatic heterocycles. The Bertz CT molecular complexity index is 686. The van der Waals surface area contributed by atoms with Crippen molar-refractivity contribution in [1.82, 2.24) is 14.7 Å². The molecule has 2 aromatic rings. The highest BCUT2D eigenvalue weighted by Crippen LogP contribution is 2.27. The molecule has 0 saturated heterocycles. The molecule has 2 N–H and O–H groups in total. The van der Waals surface area contributed by atoms with E-state index >= 15 is 0 Å². The second-order valence-electron chi connectivity index (χ2n) is 5.27. The first-order valence-electron chi connectivity index (χ1n) is 6.52. The molecule has 20 heavy (non-hydrogen) atoms. The van der Waals surface area contributed by atoms with E-state index in [0.717, 1.165) is 11.2 Å². The standard InChI is InChI=1S/C14H15N3O3/c1-8-2-3-17-7-11(16-12(17)4-8)13(18)15-10-5-9(6-10)14(19)20/h2-4,7,9-10H,5-6H2,1H3,(H,15,18)(H,19,20). The number of carbonyl (C=O) groups is 2. The number of hydrogen-bond donors (Lipinski definition) is 2. The van der Waals surface area contributed by atoms with Gasteiger partial charge in [0.25, 0.3) is 5.91 Å². The van der Waals surface area contributed by atoms with Gasteiger partial charge in [0.1, 0.15) is 11.3 Å². The van der Waals surface area contributed by atoms with E-state index in [2.05, 4.69) is 10.3 Å². The van der Waals surface area contributed by atoms with Gasteiger partial charge in [-0.2, -0.15) is 0 Å². The van der Waals surface area contributed by atoms with Gasteiger partial charge < -0.3 is 14.8 Å². The highest BCUT2D eigenvalue weighted by Gasteiger charge is 2.35. The maximum atomic E-state index is 12.0. The van der Waals surface area contributed by atoms with Crippen molar-refractivity contribution in [2.24, 2.45) is 5.92 Å². The number of aliphatic carboxylic acids is 1. The summed E-state index contributed by atoms with van der Waals surface area (Å²) in [5, 5.41) is 11.6. The number of fused-ring (bicyclic) bond motifs is 1. The van der Waals surface area contributed by atoms with E-state index in [9.17, 15) is 9.59 Å². The number of carbonyl (C=O) groups excluding carboxylic acids is 1. The second-order valence-corrected chi connectivity index (χ2v) is 5.27. The van der Waals surface area contributed by atoms with Crippen LogP contribution in [0.2, 0.25) is 0 Å². The molecule has 0 radical (unpaired) electrons. The first kappa shape index (κ1) is 12.7. The third kappa shape index (κ3) is 2.24. The van der Waals surface area contributed by atoms with Crippen LogP contribution in [0.5, 0.6) is 0 Å². The molecule has 0 atom stereocenters. The summed E-state index contributed by atoms with van der Waals surface area (Å²) < 4.78 is 1.79. The van der Waals surface area contributed by atoms with E-state index in [1.807, 2.05) is 25.3 Å². The third-order valence-electron chi connectivity index (χ3n) is 3.67. The van der Waals surface area contributed by atoms with E-state index in [4.69, 9.17) is 5.11 Å². The highest BCUT2D eigenvalue weighted by molar-refractivity contribution is 5.93. The minimum atomic E-state index is -0.793. The van der Waals surface area contributed by atoms with E-state index < -0.39 is 5.97 Å². The average Bonchev–Trinajstić information content (AvgIpc) is 2.75. The van der Waals surface area contributed by atoms with Crippen molar-refractivity contribution in [3.63, 3.8) is 0 Å². The molecular formula is C14H15N3O3. The lowest BCUT2D eigenvalue weighted by Gasteiger charge is -2.32. The molecule has 0 aromatic carbocycles. The Hall–Kier alpha value is -2.37. The van der Waals surface area contributed by atoms with Crippen LogP contribution >= 0.6 is 0 Å². The van der Waals surface area contributed by atoms with Crippen LogP contribution in [0.1, 0.15) is 28.9 Å². The number of carboxylic acids is 1. The van der Waals surface area contributed by atoms with Gasteiger partial charge in [-0.3, -0.25) is 9.59 Å². The Morgan fingerprint density at radius 1 is 1.45 bits per heavy atom. The topological polar surface area (TPSA) is 83.7 Å². The summed E-state index contributed by atoms with van der Waals surface area (Å²) in [7, 11) is 0. The average molecular weight is 273 g/mol. The zero-order valence-corrected chi connectivity index (χ0v) is 11.0. The van der Waals surface area contributed by atoms with E-state index in [-0.39, 0.29) is 17.9 Å². The number of pyridine rings is 1. The van der Waals surface area contributed by atoms with Crippen molar-refractivity contribution < 1.29 is 14.7 Å². The molecule has 6 heteroatoms. The van der Waals surface area contributed by atoms with Crippen molar-refractivity contribution in [3.05, 3.63) is 35.8 Å². The van der Waals surface area contributed by atoms with Gasteiger partial charge in [-0.15, -0.1) is 0 Å². The number of aryl methyl sites for hydroxylation is 1. The monoisotopic (exact) mass is 273 g/mol. The maximum Gasteiger partial charge on any atom is 0.306 e. The number of hydrogen-bond acceptors (Lipinski definition) is 3. The fraction of sp³-hybridized carbons (Fsp3) is 0.357. The molecule has 6 nitrogen and oxygen atoms in total. The fourth-order valence-electron chi connectivity index (χ4n) is 2.39. The number of rotatable bonds is 3. The van der Waals surface area contributed by atoms with Crippen molar-refractivity contribution in [3.8, 4) is 0 Å². The van der Waals surface area contributed by atoms with Crippen LogP contribution in [0.4, 0.5) is 0 Å². The van der Waals surface area contributed by atoms with Crippen LogP contribution in [-0.4, -0.2) is 32.4 Å². The number of carboxylic acid groups (broad SMARTS) is 1. The first-order valence-corrected chi connectivity index (χ1v) is 6.52. The van der Waals surface area contributed by atoms with Crippen LogP contribution in [0.25, 0.3) is 5.65 Å². The Balaban J connectivity index is 1.69. The maximum absolute atomic E-state index is 12.0. The number of imidazole rings is 1. The lowest BCUT2D eigenvalue weighted by molar-refractivity contribution is -0.145. The third-order valence-corrected chi connectivity index (χ3v) is 3.67. The van der Waals surface area contributed by atoms with Crippen molar-refractivity contribution in [2.45, 2.75) is 25.8 Å². The predicted molar refractivity (Wildman–Crippen MR) is 71.5 cm³/mol. The molecule has 1 amide bonds. The smallest absolute Gasteiger partial charge is 0.306 e. The van der Waals surface area contributed by atoms with E-state index in [0.29, 0.717) is 18.5 Å². The van der Waals surface area contributed by atoms with Gasteiger partial charge in [-0.1, -0.05) is 0 Å². The molecule has 3 rings (SSSR count). The quantitative estimate of drug-likeness (QED) is 0.881. The summed E-state index contributed by atoms with van der Waals surface area (Å²) in [6.45, 7) is 1.97. The van der Waals surface area contributed by atoms with Crippen molar-refractivity contribution in [1.29, 1.82) is 0 Å². The van der Waals surface area contributed by atoms with Gasteiger partial charge in [0.2, 0.25) is 0 Å². The SMILES string of the molecule is Cc1ccn2cc(C(=O)NC3CC(C(=O)O)C3)nc2c1. The lowest BCUT2D eigenvalue weighted by atomic mass is 9.80. The summed E-state index contributed by atoms with van der Waals surface area (Å²) >= 11 is 0. The van der Waals surface area contributed by atoms with Crippen LogP contribution in [-0.2, 0) is 4.79 Å². The number of nitrogens with zero attached hydrogens (tertiary/aromatic N) is 2. The Morgan fingerprint density at radius 2 is 2.20 bits per heavy atom. The van der Waals surface area contributed by atoms with Crippen molar-refractivity contribution in [2.75, 3.05) is 0 Å². The highest BCUT2D eigenvalue weighted by atomic mass is 16.4. The molecule has 1 aliphatic rings. The molecule has 1 aliphatic carbocycles. The van der Waals surface area contributed by atoms with Gasteiger partial charge in [0, 0.05) is 18.4 Å². The zero-order chi connectivity index (χ0) is 14.3. The van der Waals surface area contributed by atoms with Crippen LogP contribution in [0, 0.1) is 12.8 Å². The van der Waals surface area contributed by atoms with Gasteiger partial charge >= 0.3 is 5.97 Å². The number of aromatic nitrogens is 2. The van der Waals surface area contributed by atoms with Crippen LogP contribution in [0.15, 0.2) is 24.5 Å². The second kappa shape index (κ2) is 4.63. The summed E-state index contributed by atoms with van der Waals surface area (Å²) in [5.74, 6) is -1.37. The van der Waals surface area contributed by atoms with Crippen LogP contribution in [0.3, 0.4) is 0 Å². The molecular weight excluding hydrogens is 258 g/mol. The minimum Gasteiger partial charge on any atom is -0.481 e. The van der Waals surface area contributed by atoms with Crippen LogP contribution < -0.4 is 5.32 Å². The lowest BCUT2D eigenvalue weighted by Crippen LogP contribution is -2.46. The molecule has 0 bridgehead atoms. The van der Waals surface area contributed by atoms with Gasteiger partial charge in [-0.05, 0) is 37.5 Å². The molecule has 0 unspecified atom stereocenters. The molecule has 104 valence electrons. The summed E-state index contributed by atoms with van der Waals surface area (Å²) in [5.41, 5.74) is 2.17. The molecule has 1 fully saturated rings. The summed E-state index contributed by atoms with van der Waals surface area (Å²) in [6.07, 6.45) is 4.52. The van der Waals surface area contributed by atoms with E-state index in [1.165, 1.54) is 0 Å². The Labute approximate surface area is 115 Å². The Kier molecular flexibility index (Phi) is 2.93. The summed E-state index contributed by atoms with van der Waals surface area (Å²) in [6, 6.07) is 3.79. The zero-order valence-electron chi connectivity index (χ0n) is 11.0. The number of amides is 1. The first-order chi connectivity index (χ1) is 9.52. The Morgan fingerprint density at radius 3 is 2.90 bits per heavy atom. The fourth-order valence-corrected chi connectivity index (χ4v) is 2.39. The molecule has 0 spiro atoms. The van der Waals surface area contributed by atoms with Gasteiger partial charge in [0.15, 0.2) is 0 Å². The molecule has 2 heterocycles. The minimum absolute atomic E-state index is 0.0600. The predicted octanol–water partition coefficient (Wildman–Crippen LogP) is 1.24. The largest absolute Gasteiger partial charge is 0.481 e. The normalized spacial score (nSPS) is 21.4. The number of nitrogens with one attached hydrogen (secondary N) is 1. The molecule has 1 saturated carbocycles. The van der Waals surface area contributed by atoms with Crippen molar-refractivity contribution >= 4 is 17.5 Å². The van der Waals surface area contributed by atoms with Gasteiger partial charge in [0.05, 0.1) is 5.92 Å². The summed E-state index contributed by atoms with van der Waals surface area (Å²) in [4.78, 5) is 27.0. The molecule has 2 aromatic heterocycles. The van der Waals surface area contributed by atoms with E-state index in [1.54, 1.807) is 10.6 Å². The van der Waals surface area contributed by atoms with Gasteiger partial charge in [-0.25, -0.2) is 4.98 Å².